The van der Waals surface area contributed by atoms with Crippen LogP contribution in [0.15, 0.2) is 6.20 Å². The maximum atomic E-state index is 14.1. The van der Waals surface area contributed by atoms with E-state index in [1.165, 1.54) is 6.20 Å². The topological polar surface area (TPSA) is 28.6 Å². The fourth-order valence-corrected chi connectivity index (χ4v) is 3.08. The van der Waals surface area contributed by atoms with Crippen LogP contribution in [0, 0.1) is 5.82 Å². The van der Waals surface area contributed by atoms with Gasteiger partial charge >= 0.3 is 0 Å². The third kappa shape index (κ3) is 2.33. The standard InChI is InChI=1S/C14H19ClFN3O/c1-9(2)18-4-5-19-10(8-18)3-6-20-13-12(16)11(15)7-17-14(13)19/h7,9-10H,3-6,8H2,1-2H3/t10-/m0/s1. The second-order valence-corrected chi connectivity index (χ2v) is 6.05. The van der Waals surface area contributed by atoms with Crippen molar-refractivity contribution in [2.75, 3.05) is 31.1 Å². The predicted molar refractivity (Wildman–Crippen MR) is 77.2 cm³/mol. The Kier molecular flexibility index (Phi) is 3.73. The summed E-state index contributed by atoms with van der Waals surface area (Å²) in [6.45, 7) is 7.67. The highest BCUT2D eigenvalue weighted by molar-refractivity contribution is 6.30. The van der Waals surface area contributed by atoms with Crippen molar-refractivity contribution in [2.45, 2.75) is 32.4 Å². The van der Waals surface area contributed by atoms with Crippen LogP contribution in [0.25, 0.3) is 0 Å². The van der Waals surface area contributed by atoms with Gasteiger partial charge in [0.1, 0.15) is 0 Å². The van der Waals surface area contributed by atoms with Crippen LogP contribution in [0.1, 0.15) is 20.3 Å². The molecule has 0 radical (unpaired) electrons. The van der Waals surface area contributed by atoms with Crippen LogP contribution < -0.4 is 9.64 Å². The minimum atomic E-state index is -0.497. The summed E-state index contributed by atoms with van der Waals surface area (Å²) in [5.74, 6) is 0.305. The first-order valence-corrected chi connectivity index (χ1v) is 7.43. The highest BCUT2D eigenvalue weighted by atomic mass is 35.5. The number of pyridine rings is 1. The number of aromatic nitrogens is 1. The number of rotatable bonds is 1. The fraction of sp³-hybridized carbons (Fsp3) is 0.643. The quantitative estimate of drug-likeness (QED) is 0.797. The number of piperazine rings is 1. The van der Waals surface area contributed by atoms with Gasteiger partial charge in [-0.05, 0) is 13.8 Å². The van der Waals surface area contributed by atoms with Crippen molar-refractivity contribution in [3.8, 4) is 5.75 Å². The molecule has 6 heteroatoms. The van der Waals surface area contributed by atoms with E-state index in [0.717, 1.165) is 26.1 Å². The van der Waals surface area contributed by atoms with Gasteiger partial charge in [-0.1, -0.05) is 11.6 Å². The second-order valence-electron chi connectivity index (χ2n) is 5.65. The van der Waals surface area contributed by atoms with Gasteiger partial charge < -0.3 is 9.64 Å². The smallest absolute Gasteiger partial charge is 0.199 e. The molecule has 1 aromatic heterocycles. The molecule has 0 unspecified atom stereocenters. The molecule has 20 heavy (non-hydrogen) atoms. The SMILES string of the molecule is CC(C)N1CCN2c3ncc(Cl)c(F)c3OCC[C@H]2C1. The zero-order chi connectivity index (χ0) is 14.3. The number of hydrogen-bond donors (Lipinski definition) is 0. The molecule has 0 spiro atoms. The molecule has 0 N–H and O–H groups in total. The molecule has 1 saturated heterocycles. The van der Waals surface area contributed by atoms with Crippen molar-refractivity contribution in [1.82, 2.24) is 9.88 Å². The minimum absolute atomic E-state index is 0.0167. The normalized spacial score (nSPS) is 23.1. The van der Waals surface area contributed by atoms with Gasteiger partial charge in [0, 0.05) is 38.1 Å². The Bertz CT molecular complexity index is 511. The Balaban J connectivity index is 1.93. The number of fused-ring (bicyclic) bond motifs is 3. The summed E-state index contributed by atoms with van der Waals surface area (Å²) >= 11 is 5.79. The zero-order valence-corrected chi connectivity index (χ0v) is 12.5. The highest BCUT2D eigenvalue weighted by Gasteiger charge is 2.34. The monoisotopic (exact) mass is 299 g/mol. The van der Waals surface area contributed by atoms with Crippen molar-refractivity contribution in [1.29, 1.82) is 0 Å². The van der Waals surface area contributed by atoms with Crippen LogP contribution in [0.3, 0.4) is 0 Å². The lowest BCUT2D eigenvalue weighted by Gasteiger charge is -2.42. The molecule has 0 bridgehead atoms. The third-order valence-electron chi connectivity index (χ3n) is 4.13. The van der Waals surface area contributed by atoms with E-state index in [1.807, 2.05) is 0 Å². The predicted octanol–water partition coefficient (Wildman–Crippen LogP) is 2.56. The van der Waals surface area contributed by atoms with Gasteiger partial charge in [0.05, 0.1) is 17.8 Å². The molecule has 0 saturated carbocycles. The molecular formula is C14H19ClFN3O. The van der Waals surface area contributed by atoms with E-state index in [9.17, 15) is 4.39 Å². The van der Waals surface area contributed by atoms with Gasteiger partial charge in [-0.3, -0.25) is 4.90 Å². The van der Waals surface area contributed by atoms with Crippen molar-refractivity contribution >= 4 is 17.4 Å². The van der Waals surface area contributed by atoms with E-state index in [2.05, 4.69) is 28.6 Å². The summed E-state index contributed by atoms with van der Waals surface area (Å²) in [5.41, 5.74) is 0. The number of anilines is 1. The Labute approximate surface area is 123 Å². The molecule has 1 fully saturated rings. The lowest BCUT2D eigenvalue weighted by Crippen LogP contribution is -2.55. The minimum Gasteiger partial charge on any atom is -0.487 e. The van der Waals surface area contributed by atoms with Crippen molar-refractivity contribution < 1.29 is 9.13 Å². The van der Waals surface area contributed by atoms with Crippen LogP contribution >= 0.6 is 11.6 Å². The molecule has 1 atom stereocenters. The van der Waals surface area contributed by atoms with E-state index >= 15 is 0 Å². The molecule has 0 aromatic carbocycles. The summed E-state index contributed by atoms with van der Waals surface area (Å²) < 4.78 is 19.7. The van der Waals surface area contributed by atoms with Crippen molar-refractivity contribution in [3.63, 3.8) is 0 Å². The first-order chi connectivity index (χ1) is 9.58. The van der Waals surface area contributed by atoms with Gasteiger partial charge in [0.2, 0.25) is 0 Å². The number of nitrogens with zero attached hydrogens (tertiary/aromatic N) is 3. The van der Waals surface area contributed by atoms with E-state index in [4.69, 9.17) is 16.3 Å². The Morgan fingerprint density at radius 3 is 3.00 bits per heavy atom. The summed E-state index contributed by atoms with van der Waals surface area (Å²) in [7, 11) is 0. The summed E-state index contributed by atoms with van der Waals surface area (Å²) in [5, 5.41) is 0.0167. The molecule has 1 aromatic rings. The summed E-state index contributed by atoms with van der Waals surface area (Å²) in [6.07, 6.45) is 2.24. The van der Waals surface area contributed by atoms with Crippen LogP contribution in [-0.4, -0.2) is 48.2 Å². The lowest BCUT2D eigenvalue weighted by molar-refractivity contribution is 0.172. The lowest BCUT2D eigenvalue weighted by atomic mass is 10.1. The maximum Gasteiger partial charge on any atom is 0.199 e. The third-order valence-corrected chi connectivity index (χ3v) is 4.39. The highest BCUT2D eigenvalue weighted by Crippen LogP contribution is 2.37. The number of hydrogen-bond acceptors (Lipinski definition) is 4. The average molecular weight is 300 g/mol. The van der Waals surface area contributed by atoms with Gasteiger partial charge in [-0.25, -0.2) is 9.37 Å². The van der Waals surface area contributed by atoms with Crippen LogP contribution in [0.5, 0.6) is 5.75 Å². The molecule has 0 aliphatic carbocycles. The van der Waals surface area contributed by atoms with Gasteiger partial charge in [-0.2, -0.15) is 0 Å². The maximum absolute atomic E-state index is 14.1. The summed E-state index contributed by atoms with van der Waals surface area (Å²) in [6, 6.07) is 0.844. The van der Waals surface area contributed by atoms with Crippen molar-refractivity contribution in [2.24, 2.45) is 0 Å². The summed E-state index contributed by atoms with van der Waals surface area (Å²) in [4.78, 5) is 8.91. The van der Waals surface area contributed by atoms with Crippen LogP contribution in [-0.2, 0) is 0 Å². The molecule has 0 amide bonds. The molecule has 2 aliphatic rings. The van der Waals surface area contributed by atoms with Gasteiger partial charge in [0.25, 0.3) is 0 Å². The second kappa shape index (κ2) is 5.37. The Morgan fingerprint density at radius 1 is 1.45 bits per heavy atom. The Hall–Kier alpha value is -1.07. The molecule has 4 nitrogen and oxygen atoms in total. The largest absolute Gasteiger partial charge is 0.487 e. The van der Waals surface area contributed by atoms with E-state index in [1.54, 1.807) is 0 Å². The first kappa shape index (κ1) is 13.9. The number of halogens is 2. The van der Waals surface area contributed by atoms with Gasteiger partial charge in [0.15, 0.2) is 17.4 Å². The number of ether oxygens (including phenoxy) is 1. The Morgan fingerprint density at radius 2 is 2.25 bits per heavy atom. The van der Waals surface area contributed by atoms with E-state index in [0.29, 0.717) is 24.5 Å². The molecule has 2 aliphatic heterocycles. The van der Waals surface area contributed by atoms with Gasteiger partial charge in [-0.15, -0.1) is 0 Å². The molecule has 110 valence electrons. The van der Waals surface area contributed by atoms with Crippen LogP contribution in [0.4, 0.5) is 10.2 Å². The fourth-order valence-electron chi connectivity index (χ4n) is 2.94. The molecule has 3 heterocycles. The van der Waals surface area contributed by atoms with E-state index < -0.39 is 5.82 Å². The molecular weight excluding hydrogens is 281 g/mol. The average Bonchev–Trinajstić information content (AvgIpc) is 2.61. The first-order valence-electron chi connectivity index (χ1n) is 7.05. The van der Waals surface area contributed by atoms with Crippen LogP contribution in [0.2, 0.25) is 5.02 Å². The molecule has 3 rings (SSSR count). The van der Waals surface area contributed by atoms with Crippen molar-refractivity contribution in [3.05, 3.63) is 17.0 Å². The van der Waals surface area contributed by atoms with E-state index in [-0.39, 0.29) is 10.8 Å². The zero-order valence-electron chi connectivity index (χ0n) is 11.8.